The molecule has 2 unspecified atom stereocenters. The molecule has 1 aliphatic heterocycles. The molecule has 2 saturated carbocycles. The Morgan fingerprint density at radius 2 is 1.48 bits per heavy atom. The molecule has 25 heavy (non-hydrogen) atoms. The van der Waals surface area contributed by atoms with Crippen LogP contribution in [0.4, 0.5) is 0 Å². The average molecular weight is 462 g/mol. The quantitative estimate of drug-likeness (QED) is 0.292. The number of fused-ring (bicyclic) bond motifs is 1. The van der Waals surface area contributed by atoms with Crippen LogP contribution in [0.15, 0.2) is 4.99 Å². The van der Waals surface area contributed by atoms with Gasteiger partial charge in [0, 0.05) is 39.1 Å². The van der Waals surface area contributed by atoms with Crippen LogP contribution in [0.5, 0.6) is 0 Å². The summed E-state index contributed by atoms with van der Waals surface area (Å²) >= 11 is 0. The van der Waals surface area contributed by atoms with E-state index in [9.17, 15) is 4.79 Å². The van der Waals surface area contributed by atoms with E-state index in [0.29, 0.717) is 6.54 Å². The fraction of sp³-hybridized carbons (Fsp3) is 0.895. The number of guanidine groups is 1. The van der Waals surface area contributed by atoms with Gasteiger partial charge in [-0.2, -0.15) is 0 Å². The van der Waals surface area contributed by atoms with Crippen molar-refractivity contribution in [1.82, 2.24) is 15.5 Å². The highest BCUT2D eigenvalue weighted by atomic mass is 127. The molecule has 1 amide bonds. The monoisotopic (exact) mass is 462 g/mol. The molecule has 2 N–H and O–H groups in total. The zero-order chi connectivity index (χ0) is 16.8. The molecule has 3 fully saturated rings. The number of nitrogens with zero attached hydrogens (tertiary/aromatic N) is 2. The van der Waals surface area contributed by atoms with Gasteiger partial charge >= 0.3 is 0 Å². The molecular formula is C19H35IN4O. The topological polar surface area (TPSA) is 56.7 Å². The van der Waals surface area contributed by atoms with E-state index in [1.165, 1.54) is 44.9 Å². The number of rotatable bonds is 4. The lowest BCUT2D eigenvalue weighted by Crippen LogP contribution is -2.44. The van der Waals surface area contributed by atoms with Gasteiger partial charge < -0.3 is 15.5 Å². The Morgan fingerprint density at radius 3 is 2.08 bits per heavy atom. The minimum Gasteiger partial charge on any atom is -0.354 e. The van der Waals surface area contributed by atoms with E-state index in [1.54, 1.807) is 0 Å². The molecule has 0 bridgehead atoms. The lowest BCUT2D eigenvalue weighted by atomic mass is 9.82. The summed E-state index contributed by atoms with van der Waals surface area (Å²) in [4.78, 5) is 19.0. The SMILES string of the molecule is CN=C(NCCNC(=O)C1CCCCC1)N1CC2CCCCC2C1.I. The Morgan fingerprint density at radius 1 is 0.920 bits per heavy atom. The number of likely N-dealkylation sites (tertiary alicyclic amines) is 1. The first-order valence-corrected chi connectivity index (χ1v) is 10.0. The van der Waals surface area contributed by atoms with Crippen molar-refractivity contribution in [2.75, 3.05) is 33.2 Å². The standard InChI is InChI=1S/C19H34N4O.HI/c1-20-19(23-13-16-9-5-6-10-17(16)14-23)22-12-11-21-18(24)15-7-3-2-4-8-15;/h15-17H,2-14H2,1H3,(H,20,22)(H,21,24);1H. The van der Waals surface area contributed by atoms with Gasteiger partial charge in [0.1, 0.15) is 0 Å². The van der Waals surface area contributed by atoms with E-state index in [1.807, 2.05) is 7.05 Å². The van der Waals surface area contributed by atoms with Gasteiger partial charge in [0.2, 0.25) is 5.91 Å². The Bertz CT molecular complexity index is 437. The van der Waals surface area contributed by atoms with Crippen LogP contribution >= 0.6 is 24.0 Å². The van der Waals surface area contributed by atoms with Crippen molar-refractivity contribution in [3.8, 4) is 0 Å². The predicted molar refractivity (Wildman–Crippen MR) is 113 cm³/mol. The van der Waals surface area contributed by atoms with E-state index in [2.05, 4.69) is 20.5 Å². The highest BCUT2D eigenvalue weighted by Gasteiger charge is 2.35. The van der Waals surface area contributed by atoms with Gasteiger partial charge in [0.15, 0.2) is 5.96 Å². The molecule has 2 atom stereocenters. The third-order valence-corrected chi connectivity index (χ3v) is 6.17. The van der Waals surface area contributed by atoms with Crippen molar-refractivity contribution in [3.63, 3.8) is 0 Å². The number of amides is 1. The Kier molecular flexibility index (Phi) is 8.79. The fourth-order valence-corrected chi connectivity index (χ4v) is 4.78. The maximum Gasteiger partial charge on any atom is 0.223 e. The van der Waals surface area contributed by atoms with Gasteiger partial charge in [-0.3, -0.25) is 9.79 Å². The molecule has 2 aliphatic carbocycles. The number of aliphatic imine (C=N–C) groups is 1. The molecule has 0 aromatic heterocycles. The summed E-state index contributed by atoms with van der Waals surface area (Å²) < 4.78 is 0. The summed E-state index contributed by atoms with van der Waals surface area (Å²) in [6.45, 7) is 3.75. The minimum atomic E-state index is 0. The predicted octanol–water partition coefficient (Wildman–Crippen LogP) is 3.00. The van der Waals surface area contributed by atoms with Gasteiger partial charge in [0.05, 0.1) is 0 Å². The molecule has 0 aromatic carbocycles. The van der Waals surface area contributed by atoms with Crippen LogP contribution in [0.1, 0.15) is 57.8 Å². The lowest BCUT2D eigenvalue weighted by molar-refractivity contribution is -0.125. The third kappa shape index (κ3) is 5.73. The normalized spacial score (nSPS) is 27.4. The van der Waals surface area contributed by atoms with Crippen LogP contribution < -0.4 is 10.6 Å². The highest BCUT2D eigenvalue weighted by molar-refractivity contribution is 14.0. The Balaban J connectivity index is 0.00000225. The second-order valence-electron chi connectivity index (χ2n) is 7.81. The van der Waals surface area contributed by atoms with E-state index >= 15 is 0 Å². The van der Waals surface area contributed by atoms with Crippen LogP contribution in [-0.2, 0) is 4.79 Å². The first-order valence-electron chi connectivity index (χ1n) is 10.0. The zero-order valence-corrected chi connectivity index (χ0v) is 18.0. The van der Waals surface area contributed by atoms with Crippen LogP contribution in [0.2, 0.25) is 0 Å². The molecule has 5 nitrogen and oxygen atoms in total. The average Bonchev–Trinajstić information content (AvgIpc) is 3.06. The van der Waals surface area contributed by atoms with Gasteiger partial charge in [-0.05, 0) is 37.5 Å². The summed E-state index contributed by atoms with van der Waals surface area (Å²) in [6, 6.07) is 0. The molecule has 1 heterocycles. The van der Waals surface area contributed by atoms with Gasteiger partial charge in [-0.1, -0.05) is 32.1 Å². The summed E-state index contributed by atoms with van der Waals surface area (Å²) in [7, 11) is 1.87. The van der Waals surface area contributed by atoms with Crippen LogP contribution in [-0.4, -0.2) is 50.0 Å². The molecule has 6 heteroatoms. The van der Waals surface area contributed by atoms with E-state index in [-0.39, 0.29) is 35.8 Å². The van der Waals surface area contributed by atoms with Crippen LogP contribution in [0.3, 0.4) is 0 Å². The van der Waals surface area contributed by atoms with Gasteiger partial charge in [-0.25, -0.2) is 0 Å². The van der Waals surface area contributed by atoms with Crippen molar-refractivity contribution in [2.45, 2.75) is 57.8 Å². The zero-order valence-electron chi connectivity index (χ0n) is 15.6. The second kappa shape index (κ2) is 10.6. The maximum atomic E-state index is 12.2. The lowest BCUT2D eigenvalue weighted by Gasteiger charge is -2.23. The Labute approximate surface area is 169 Å². The van der Waals surface area contributed by atoms with Gasteiger partial charge in [0.25, 0.3) is 0 Å². The van der Waals surface area contributed by atoms with Crippen molar-refractivity contribution in [2.24, 2.45) is 22.7 Å². The third-order valence-electron chi connectivity index (χ3n) is 6.17. The van der Waals surface area contributed by atoms with Crippen molar-refractivity contribution in [1.29, 1.82) is 0 Å². The molecule has 1 saturated heterocycles. The molecule has 0 spiro atoms. The fourth-order valence-electron chi connectivity index (χ4n) is 4.78. The summed E-state index contributed by atoms with van der Waals surface area (Å²) in [5, 5.41) is 6.54. The van der Waals surface area contributed by atoms with Crippen LogP contribution in [0, 0.1) is 17.8 Å². The molecule has 0 aromatic rings. The first-order chi connectivity index (χ1) is 11.8. The number of carbonyl (C=O) groups is 1. The summed E-state index contributed by atoms with van der Waals surface area (Å²) in [5.74, 6) is 3.24. The second-order valence-corrected chi connectivity index (χ2v) is 7.81. The maximum absolute atomic E-state index is 12.2. The highest BCUT2D eigenvalue weighted by Crippen LogP contribution is 2.35. The largest absolute Gasteiger partial charge is 0.354 e. The molecule has 3 rings (SSSR count). The number of hydrogen-bond donors (Lipinski definition) is 2. The molecule has 0 radical (unpaired) electrons. The minimum absolute atomic E-state index is 0. The summed E-state index contributed by atoms with van der Waals surface area (Å²) in [5.41, 5.74) is 0. The van der Waals surface area contributed by atoms with Crippen LogP contribution in [0.25, 0.3) is 0 Å². The molecule has 144 valence electrons. The van der Waals surface area contributed by atoms with E-state index in [4.69, 9.17) is 0 Å². The smallest absolute Gasteiger partial charge is 0.223 e. The summed E-state index contributed by atoms with van der Waals surface area (Å²) in [6.07, 6.45) is 11.4. The number of nitrogens with one attached hydrogen (secondary N) is 2. The van der Waals surface area contributed by atoms with Crippen molar-refractivity contribution in [3.05, 3.63) is 0 Å². The van der Waals surface area contributed by atoms with E-state index in [0.717, 1.165) is 50.3 Å². The Hall–Kier alpha value is -0.530. The number of hydrogen-bond acceptors (Lipinski definition) is 2. The number of carbonyl (C=O) groups excluding carboxylic acids is 1. The molecule has 3 aliphatic rings. The van der Waals surface area contributed by atoms with Crippen molar-refractivity contribution >= 4 is 35.8 Å². The molecular weight excluding hydrogens is 427 g/mol. The number of halogens is 1. The van der Waals surface area contributed by atoms with E-state index < -0.39 is 0 Å². The first kappa shape index (κ1) is 20.8. The van der Waals surface area contributed by atoms with Gasteiger partial charge in [-0.15, -0.1) is 24.0 Å². The van der Waals surface area contributed by atoms with Crippen molar-refractivity contribution < 1.29 is 4.79 Å².